The van der Waals surface area contributed by atoms with Gasteiger partial charge in [0, 0.05) is 55.9 Å². The molecule has 4 atom stereocenters. The number of nitrogen functional groups attached to an aromatic ring is 4. The third kappa shape index (κ3) is 21.0. The van der Waals surface area contributed by atoms with Crippen LogP contribution in [-0.2, 0) is 57.2 Å². The lowest BCUT2D eigenvalue weighted by molar-refractivity contribution is -0.167. The first-order valence-corrected chi connectivity index (χ1v) is 31.7. The van der Waals surface area contributed by atoms with Gasteiger partial charge in [-0.1, -0.05) is 27.6 Å². The number of aromatic nitrogens is 9. The quantitative estimate of drug-likeness (QED) is 0.0209. The van der Waals surface area contributed by atoms with Crippen molar-refractivity contribution in [1.29, 1.82) is 10.7 Å². The van der Waals surface area contributed by atoms with Gasteiger partial charge in [-0.3, -0.25) is 77.9 Å². The molecule has 0 unspecified atom stereocenters. The molecule has 4 fully saturated rings. The molecule has 107 heavy (non-hydrogen) atoms. The number of nitriles is 1. The number of hydrogen-bond donors (Lipinski definition) is 12. The van der Waals surface area contributed by atoms with E-state index in [2.05, 4.69) is 70.0 Å². The zero-order valence-electron chi connectivity index (χ0n) is 56.3. The van der Waals surface area contributed by atoms with E-state index in [1.54, 1.807) is 94.7 Å². The highest BCUT2D eigenvalue weighted by Crippen LogP contribution is 2.30. The monoisotopic (exact) mass is 1470 g/mol. The highest BCUT2D eigenvalue weighted by molar-refractivity contribution is 6.06. The van der Waals surface area contributed by atoms with Gasteiger partial charge in [-0.25, -0.2) is 14.6 Å². The number of amidine groups is 2. The van der Waals surface area contributed by atoms with Crippen LogP contribution in [0.25, 0.3) is 23.0 Å². The molecule has 7 aromatic heterocycles. The van der Waals surface area contributed by atoms with E-state index in [0.29, 0.717) is 89.0 Å². The lowest BCUT2D eigenvalue weighted by Gasteiger charge is -2.35. The number of amides is 6. The van der Waals surface area contributed by atoms with Crippen LogP contribution >= 0.6 is 0 Å². The zero-order chi connectivity index (χ0) is 76.7. The summed E-state index contributed by atoms with van der Waals surface area (Å²) in [4.78, 5) is 141. The van der Waals surface area contributed by atoms with Crippen LogP contribution in [0.3, 0.4) is 0 Å². The van der Waals surface area contributed by atoms with Gasteiger partial charge < -0.3 is 92.9 Å². The predicted octanol–water partition coefficient (Wildman–Crippen LogP) is -0.149. The van der Waals surface area contributed by atoms with Crippen LogP contribution in [0.15, 0.2) is 164 Å². The molecule has 13 rings (SSSR count). The van der Waals surface area contributed by atoms with Gasteiger partial charge >= 0.3 is 17.5 Å². The number of rotatable bonds is 15. The largest absolute Gasteiger partial charge is 0.449 e. The number of aliphatic hydroxyl groups is 1. The van der Waals surface area contributed by atoms with Crippen molar-refractivity contribution in [3.8, 4) is 29.1 Å². The van der Waals surface area contributed by atoms with Gasteiger partial charge in [0.05, 0.1) is 85.8 Å². The topological polar surface area (TPSA) is 615 Å². The maximum atomic E-state index is 13.5. The molecule has 41 nitrogen and oxygen atoms in total. The summed E-state index contributed by atoms with van der Waals surface area (Å²) in [5.41, 5.74) is 32.9. The van der Waals surface area contributed by atoms with Gasteiger partial charge in [-0.05, 0) is 97.1 Å². The Labute approximate surface area is 603 Å². The molecule has 6 amide bonds. The smallest absolute Gasteiger partial charge is 0.439 e. The van der Waals surface area contributed by atoms with Crippen LogP contribution < -0.4 is 70.4 Å². The second-order valence-electron chi connectivity index (χ2n) is 22.4. The van der Waals surface area contributed by atoms with E-state index >= 15 is 0 Å². The number of pyridine rings is 5. The van der Waals surface area contributed by atoms with E-state index in [-0.39, 0.29) is 91.6 Å². The van der Waals surface area contributed by atoms with Crippen molar-refractivity contribution < 1.29 is 76.6 Å². The SMILES string of the molecule is CC(=O)O[C@@H](C(=O)Nc1ccc(-c2noc(=O)[nH]2)nc1)[C@H]1OCCN(c2cccc(N3CCOCC3=O)c2)C1=O.N#Cc1ccc(N)cn1.N=C(N)c1ccc(NC(=O)[C@H](O)[C@H]2OCCN(c3cccc(N4CCOCC4=O)c3)C2=O)cn1.NC(=NO)c1ccc(N)cn1.Nc1ccc(-c2noc(=O)[nH]2)nc1. The van der Waals surface area contributed by atoms with Crippen LogP contribution in [0.4, 0.5) is 51.2 Å². The number of aromatic amines is 2. The van der Waals surface area contributed by atoms with E-state index in [9.17, 15) is 48.3 Å². The van der Waals surface area contributed by atoms with Crippen LogP contribution in [0.2, 0.25) is 0 Å². The molecule has 2 aromatic carbocycles. The van der Waals surface area contributed by atoms with E-state index < -0.39 is 65.5 Å². The second-order valence-corrected chi connectivity index (χ2v) is 22.4. The van der Waals surface area contributed by atoms with Crippen LogP contribution in [0.5, 0.6) is 0 Å². The number of oxime groups is 1. The lowest BCUT2D eigenvalue weighted by atomic mass is 10.1. The number of H-pyrrole nitrogens is 2. The number of benzene rings is 2. The molecule has 4 aliphatic heterocycles. The summed E-state index contributed by atoms with van der Waals surface area (Å²) in [7, 11) is 0. The standard InChI is InChI=1S/C25H24N6O9.C22H24N6O6.C7H6N4O2.C6H8N4O.C6H5N3/c1-14(32)39-20(23(34)27-15-5-6-18(26-12-15)22-28-25(36)40-29-22)21-24(35)31(8-10-38-21)17-4-2-3-16(11-17)30-7-9-37-13-19(30)33;23-20(24)16-5-4-13(11-25-16)26-21(31)18(30)19-22(32)28(7-9-34-19)15-3-1-2-14(10-15)27-6-8-33-12-17(27)29;8-4-1-2-5(9-3-4)6-10-7(12)13-11-6;7-4-1-2-5(9-3-4)6(8)10-11;7-3-6-2-1-5(8)4-9-6/h2-6,11-12,20-21H,7-10,13H2,1H3,(H,27,34)(H,28,29,36);1-5,10-11,18-19,30H,6-9,12H2,(H3,23,24)(H,26,31);1-3H,8H2,(H,10,11,12);1-3,11H,7H2,(H2,8,10);1-2,4H,8H2/t20-,21-;18-,19-;;;/m11.../s1. The van der Waals surface area contributed by atoms with Gasteiger partial charge in [0.1, 0.15) is 53.6 Å². The molecule has 0 radical (unpaired) electrons. The summed E-state index contributed by atoms with van der Waals surface area (Å²) in [5, 5.41) is 49.2. The van der Waals surface area contributed by atoms with Crippen molar-refractivity contribution >= 4 is 104 Å². The molecule has 0 aliphatic carbocycles. The first-order valence-electron chi connectivity index (χ1n) is 31.7. The predicted molar refractivity (Wildman–Crippen MR) is 377 cm³/mol. The second kappa shape index (κ2) is 36.6. The molecule has 11 heterocycles. The molecular weight excluding hydrogens is 1400 g/mol. The van der Waals surface area contributed by atoms with Gasteiger partial charge in [0.2, 0.25) is 17.8 Å². The van der Waals surface area contributed by atoms with E-state index in [0.717, 1.165) is 6.92 Å². The summed E-state index contributed by atoms with van der Waals surface area (Å²) >= 11 is 0. The number of anilines is 9. The summed E-state index contributed by atoms with van der Waals surface area (Å²) < 4.78 is 35.4. The number of nitrogens with two attached hydrogens (primary N) is 5. The van der Waals surface area contributed by atoms with Gasteiger partial charge in [0.25, 0.3) is 35.4 Å². The molecule has 9 aromatic rings. The van der Waals surface area contributed by atoms with E-state index in [4.69, 9.17) is 68.2 Å². The Bertz CT molecular complexity index is 4820. The fourth-order valence-corrected chi connectivity index (χ4v) is 9.95. The number of carbonyl (C=O) groups excluding carboxylic acids is 7. The number of nitrogens with one attached hydrogen (secondary N) is 5. The number of hydrogen-bond acceptors (Lipinski definition) is 31. The molecule has 4 aliphatic rings. The minimum absolute atomic E-state index is 0.00289. The van der Waals surface area contributed by atoms with Crippen molar-refractivity contribution in [2.75, 3.05) is 113 Å². The summed E-state index contributed by atoms with van der Waals surface area (Å²) in [6.07, 6.45) is 0.726. The van der Waals surface area contributed by atoms with E-state index in [1.165, 1.54) is 65.0 Å². The van der Waals surface area contributed by atoms with Crippen molar-refractivity contribution in [2.24, 2.45) is 16.6 Å². The Balaban J connectivity index is 0.000000175. The van der Waals surface area contributed by atoms with Crippen LogP contribution in [0, 0.1) is 16.7 Å². The third-order valence-corrected chi connectivity index (χ3v) is 15.1. The van der Waals surface area contributed by atoms with Crippen molar-refractivity contribution in [2.45, 2.75) is 31.3 Å². The highest BCUT2D eigenvalue weighted by atomic mass is 16.6. The molecular formula is C66H67N23O18. The third-order valence-electron chi connectivity index (χ3n) is 15.1. The summed E-state index contributed by atoms with van der Waals surface area (Å²) in [6, 6.07) is 31.3. The minimum atomic E-state index is -1.77. The normalized spacial score (nSPS) is 16.2. The van der Waals surface area contributed by atoms with Crippen molar-refractivity contribution in [3.63, 3.8) is 0 Å². The number of ether oxygens (including phenoxy) is 5. The Kier molecular flexibility index (Phi) is 26.3. The molecule has 4 saturated heterocycles. The van der Waals surface area contributed by atoms with Crippen LogP contribution in [0.1, 0.15) is 24.0 Å². The highest BCUT2D eigenvalue weighted by Gasteiger charge is 2.43. The van der Waals surface area contributed by atoms with Gasteiger partial charge in [-0.2, -0.15) is 5.26 Å². The number of morpholine rings is 4. The fraction of sp³-hybridized carbons (Fsp3) is 0.227. The number of esters is 1. The molecule has 0 bridgehead atoms. The fourth-order valence-electron chi connectivity index (χ4n) is 9.95. The van der Waals surface area contributed by atoms with Gasteiger partial charge in [-0.15, -0.1) is 0 Å². The Morgan fingerprint density at radius 3 is 1.48 bits per heavy atom. The molecule has 554 valence electrons. The Hall–Kier alpha value is -14.2. The first-order chi connectivity index (χ1) is 51.5. The maximum Gasteiger partial charge on any atom is 0.439 e. The average Bonchev–Trinajstić information content (AvgIpc) is 1.11. The summed E-state index contributed by atoms with van der Waals surface area (Å²) in [6.45, 7) is 3.26. The first kappa shape index (κ1) is 77.0. The molecule has 17 N–H and O–H groups in total. The van der Waals surface area contributed by atoms with E-state index in [1.807, 2.05) is 6.07 Å². The van der Waals surface area contributed by atoms with Gasteiger partial charge in [0.15, 0.2) is 24.1 Å². The van der Waals surface area contributed by atoms with Crippen LogP contribution in [-0.4, -0.2) is 199 Å². The molecule has 41 heteroatoms. The Morgan fingerprint density at radius 1 is 0.598 bits per heavy atom. The van der Waals surface area contributed by atoms with Crippen molar-refractivity contribution in [1.82, 2.24) is 45.2 Å². The zero-order valence-corrected chi connectivity index (χ0v) is 56.3. The summed E-state index contributed by atoms with van der Waals surface area (Å²) in [5.74, 6) is -5.18. The Morgan fingerprint density at radius 2 is 1.05 bits per heavy atom. The molecule has 0 spiro atoms. The number of carbonyl (C=O) groups is 7. The lowest BCUT2D eigenvalue weighted by Crippen LogP contribution is -2.56. The molecule has 0 saturated carbocycles. The number of nitrogens with zero attached hydrogens (tertiary/aromatic N) is 13. The average molecular weight is 1470 g/mol. The number of aliphatic hydroxyl groups excluding tert-OH is 1. The minimum Gasteiger partial charge on any atom is -0.449 e. The maximum absolute atomic E-state index is 13.5. The van der Waals surface area contributed by atoms with Crippen molar-refractivity contribution in [3.05, 3.63) is 178 Å².